The van der Waals surface area contributed by atoms with Crippen LogP contribution in [0.5, 0.6) is 0 Å². The highest BCUT2D eigenvalue weighted by molar-refractivity contribution is 5.75. The second-order valence-corrected chi connectivity index (χ2v) is 12.5. The third kappa shape index (κ3) is 4.45. The van der Waals surface area contributed by atoms with Crippen LogP contribution in [0, 0.1) is 16.7 Å². The predicted molar refractivity (Wildman–Crippen MR) is 166 cm³/mol. The van der Waals surface area contributed by atoms with Gasteiger partial charge in [0.05, 0.1) is 6.04 Å². The third-order valence-electron chi connectivity index (χ3n) is 9.95. The van der Waals surface area contributed by atoms with Gasteiger partial charge >= 0.3 is 0 Å². The fourth-order valence-corrected chi connectivity index (χ4v) is 7.70. The van der Waals surface area contributed by atoms with Gasteiger partial charge in [0.25, 0.3) is 0 Å². The highest BCUT2D eigenvalue weighted by atomic mass is 15.2. The molecule has 1 aromatic carbocycles. The molecule has 1 saturated carbocycles. The summed E-state index contributed by atoms with van der Waals surface area (Å²) in [7, 11) is 0. The van der Waals surface area contributed by atoms with Gasteiger partial charge in [0.15, 0.2) is 0 Å². The number of anilines is 1. The molecule has 4 atom stereocenters. The van der Waals surface area contributed by atoms with E-state index in [1.165, 1.54) is 47.2 Å². The van der Waals surface area contributed by atoms with E-state index in [4.69, 9.17) is 0 Å². The predicted octanol–water partition coefficient (Wildman–Crippen LogP) is 9.94. The number of nitrogens with zero attached hydrogens (tertiary/aromatic N) is 1. The molecule has 4 aliphatic carbocycles. The van der Waals surface area contributed by atoms with E-state index in [0.29, 0.717) is 18.0 Å². The van der Waals surface area contributed by atoms with Crippen LogP contribution in [-0.4, -0.2) is 12.1 Å². The van der Waals surface area contributed by atoms with Crippen LogP contribution >= 0.6 is 0 Å². The molecule has 0 amide bonds. The summed E-state index contributed by atoms with van der Waals surface area (Å²) in [6.45, 7) is 18.0. The smallest absolute Gasteiger partial charge is 0.0519 e. The molecule has 38 heavy (non-hydrogen) atoms. The Balaban J connectivity index is 1.55. The van der Waals surface area contributed by atoms with Gasteiger partial charge in [-0.2, -0.15) is 0 Å². The average Bonchev–Trinajstić information content (AvgIpc) is 3.10. The lowest BCUT2D eigenvalue weighted by molar-refractivity contribution is 0.251. The third-order valence-corrected chi connectivity index (χ3v) is 9.95. The van der Waals surface area contributed by atoms with Gasteiger partial charge < -0.3 is 4.90 Å². The van der Waals surface area contributed by atoms with Gasteiger partial charge in [-0.05, 0) is 81.1 Å². The second kappa shape index (κ2) is 10.3. The molecule has 4 unspecified atom stereocenters. The van der Waals surface area contributed by atoms with Gasteiger partial charge in [-0.15, -0.1) is 0 Å². The highest BCUT2D eigenvalue weighted by Gasteiger charge is 2.56. The topological polar surface area (TPSA) is 3.24 Å². The summed E-state index contributed by atoms with van der Waals surface area (Å²) in [5.41, 5.74) is 10.4. The molecule has 1 fully saturated rings. The van der Waals surface area contributed by atoms with Crippen molar-refractivity contribution in [1.29, 1.82) is 0 Å². The summed E-state index contributed by atoms with van der Waals surface area (Å²) < 4.78 is 0. The molecule has 1 aromatic rings. The van der Waals surface area contributed by atoms with Crippen LogP contribution in [0.1, 0.15) is 72.8 Å². The number of hydrogen-bond acceptors (Lipinski definition) is 1. The van der Waals surface area contributed by atoms with Gasteiger partial charge in [-0.1, -0.05) is 123 Å². The maximum absolute atomic E-state index is 3.83. The Morgan fingerprint density at radius 2 is 1.84 bits per heavy atom. The molecule has 0 aromatic heterocycles. The normalized spacial score (nSPS) is 30.2. The molecule has 1 heteroatoms. The first-order valence-corrected chi connectivity index (χ1v) is 14.5. The molecule has 0 bridgehead atoms. The van der Waals surface area contributed by atoms with Crippen molar-refractivity contribution in [3.63, 3.8) is 0 Å². The molecule has 198 valence electrons. The van der Waals surface area contributed by atoms with Crippen molar-refractivity contribution >= 4 is 11.3 Å². The first-order chi connectivity index (χ1) is 18.2. The first kappa shape index (κ1) is 26.5. The van der Waals surface area contributed by atoms with Crippen molar-refractivity contribution < 1.29 is 0 Å². The van der Waals surface area contributed by atoms with Crippen LogP contribution in [0.25, 0.3) is 5.57 Å². The van der Waals surface area contributed by atoms with Crippen LogP contribution in [0.2, 0.25) is 0 Å². The molecule has 4 aliphatic rings. The SMILES string of the molecule is C=C/C=C\C(=C/C)c1ccc(N(C2C=C3C(C)(C)C4=CC=CCC4C3(C)CC2)C2C=CC(C)=C(C)C2)cc1. The van der Waals surface area contributed by atoms with Gasteiger partial charge in [0, 0.05) is 17.1 Å². The molecular formula is C37H45N. The lowest BCUT2D eigenvalue weighted by atomic mass is 9.66. The minimum Gasteiger partial charge on any atom is -0.358 e. The molecule has 0 N–H and O–H groups in total. The monoisotopic (exact) mass is 503 g/mol. The summed E-state index contributed by atoms with van der Waals surface area (Å²) in [4.78, 5) is 2.72. The average molecular weight is 504 g/mol. The Morgan fingerprint density at radius 3 is 2.53 bits per heavy atom. The van der Waals surface area contributed by atoms with Crippen molar-refractivity contribution in [3.05, 3.63) is 119 Å². The summed E-state index contributed by atoms with van der Waals surface area (Å²) in [5.74, 6) is 0.646. The van der Waals surface area contributed by atoms with Crippen LogP contribution in [0.4, 0.5) is 5.69 Å². The number of benzene rings is 1. The van der Waals surface area contributed by atoms with Crippen molar-refractivity contribution in [2.24, 2.45) is 16.7 Å². The van der Waals surface area contributed by atoms with Crippen molar-refractivity contribution in [1.82, 2.24) is 0 Å². The van der Waals surface area contributed by atoms with E-state index >= 15 is 0 Å². The maximum Gasteiger partial charge on any atom is 0.0519 e. The number of allylic oxidation sites excluding steroid dienone is 12. The van der Waals surface area contributed by atoms with E-state index in [-0.39, 0.29) is 10.8 Å². The zero-order valence-corrected chi connectivity index (χ0v) is 24.3. The van der Waals surface area contributed by atoms with Crippen LogP contribution in [0.15, 0.2) is 114 Å². The Labute approximate surface area is 231 Å². The quantitative estimate of drug-likeness (QED) is 0.276. The molecule has 0 aliphatic heterocycles. The molecule has 0 saturated heterocycles. The molecule has 0 radical (unpaired) electrons. The Kier molecular flexibility index (Phi) is 7.16. The van der Waals surface area contributed by atoms with E-state index in [1.54, 1.807) is 11.1 Å². The zero-order chi connectivity index (χ0) is 27.1. The zero-order valence-electron chi connectivity index (χ0n) is 24.3. The van der Waals surface area contributed by atoms with Crippen LogP contribution in [-0.2, 0) is 0 Å². The van der Waals surface area contributed by atoms with Crippen molar-refractivity contribution in [2.75, 3.05) is 4.90 Å². The van der Waals surface area contributed by atoms with E-state index in [0.717, 1.165) is 6.42 Å². The Morgan fingerprint density at radius 1 is 1.08 bits per heavy atom. The number of hydrogen-bond donors (Lipinski definition) is 0. The van der Waals surface area contributed by atoms with E-state index in [2.05, 4.69) is 126 Å². The maximum atomic E-state index is 3.83. The van der Waals surface area contributed by atoms with E-state index < -0.39 is 0 Å². The van der Waals surface area contributed by atoms with E-state index in [1.807, 2.05) is 12.2 Å². The molecule has 0 spiro atoms. The van der Waals surface area contributed by atoms with E-state index in [9.17, 15) is 0 Å². The van der Waals surface area contributed by atoms with Gasteiger partial charge in [-0.25, -0.2) is 0 Å². The molecule has 0 heterocycles. The number of rotatable bonds is 6. The lowest BCUT2D eigenvalue weighted by Gasteiger charge is -2.46. The van der Waals surface area contributed by atoms with Crippen LogP contribution < -0.4 is 4.90 Å². The molecule has 5 rings (SSSR count). The van der Waals surface area contributed by atoms with Crippen molar-refractivity contribution in [3.8, 4) is 0 Å². The molecular weight excluding hydrogens is 458 g/mol. The summed E-state index contributed by atoms with van der Waals surface area (Å²) >= 11 is 0. The standard InChI is InChI=1S/C37H45N/c1-8-10-13-28(9-2)29-17-20-30(21-18-29)38(31-19-16-26(3)27(4)24-31)32-22-23-37(7)34-15-12-11-14-33(34)36(5,6)35(37)25-32/h8-14,16-21,25,31-32,34H,1,15,22-24H2,2-7H3/b13-10-,28-9+. The summed E-state index contributed by atoms with van der Waals surface area (Å²) in [5, 5.41) is 0. The summed E-state index contributed by atoms with van der Waals surface area (Å²) in [6, 6.07) is 10.0. The second-order valence-electron chi connectivity index (χ2n) is 12.5. The summed E-state index contributed by atoms with van der Waals surface area (Å²) in [6.07, 6.45) is 27.4. The van der Waals surface area contributed by atoms with Crippen molar-refractivity contribution in [2.45, 2.75) is 79.3 Å². The molecule has 1 nitrogen and oxygen atoms in total. The van der Waals surface area contributed by atoms with Gasteiger partial charge in [-0.3, -0.25) is 0 Å². The van der Waals surface area contributed by atoms with Gasteiger partial charge in [0.2, 0.25) is 0 Å². The van der Waals surface area contributed by atoms with Gasteiger partial charge in [0.1, 0.15) is 0 Å². The lowest BCUT2D eigenvalue weighted by Crippen LogP contribution is -2.46. The fraction of sp³-hybridized carbons (Fsp3) is 0.405. The minimum atomic E-state index is 0.117. The first-order valence-electron chi connectivity index (χ1n) is 14.5. The van der Waals surface area contributed by atoms with Crippen LogP contribution in [0.3, 0.4) is 0 Å². The highest BCUT2D eigenvalue weighted by Crippen LogP contribution is 2.65. The Bertz CT molecular complexity index is 1300. The number of fused-ring (bicyclic) bond motifs is 3. The minimum absolute atomic E-state index is 0.117. The Hall–Kier alpha value is -3.06. The fourth-order valence-electron chi connectivity index (χ4n) is 7.70. The largest absolute Gasteiger partial charge is 0.358 e.